The van der Waals surface area contributed by atoms with Gasteiger partial charge in [-0.25, -0.2) is 8.78 Å². The van der Waals surface area contributed by atoms with Crippen molar-refractivity contribution in [1.29, 1.82) is 0 Å². The molecule has 0 N–H and O–H groups in total. The maximum Gasteiger partial charge on any atom is 0.249 e. The van der Waals surface area contributed by atoms with E-state index in [0.717, 1.165) is 0 Å². The molecule has 0 bridgehead atoms. The van der Waals surface area contributed by atoms with Gasteiger partial charge >= 0.3 is 0 Å². The fourth-order valence-electron chi connectivity index (χ4n) is 1.73. The Morgan fingerprint density at radius 3 is 2.46 bits per heavy atom. The number of hydrogen-bond donors (Lipinski definition) is 0. The molecule has 0 aromatic rings. The van der Waals surface area contributed by atoms with Crippen molar-refractivity contribution in [2.24, 2.45) is 5.41 Å². The smallest absolute Gasteiger partial charge is 0.249 e. The highest BCUT2D eigenvalue weighted by molar-refractivity contribution is 6.25. The number of carbonyl (C=O) groups excluding carboxylic acids is 1. The minimum Gasteiger partial charge on any atom is -0.303 e. The maximum absolute atomic E-state index is 12.8. The molecule has 0 aliphatic heterocycles. The molecule has 0 aromatic heterocycles. The summed E-state index contributed by atoms with van der Waals surface area (Å²) in [7, 11) is 0. The monoisotopic (exact) mass is 208 g/mol. The minimum absolute atomic E-state index is 0.193. The van der Waals surface area contributed by atoms with Crippen LogP contribution in [-0.4, -0.2) is 12.2 Å². The fourth-order valence-corrected chi connectivity index (χ4v) is 1.81. The van der Waals surface area contributed by atoms with Gasteiger partial charge in [0.15, 0.2) is 0 Å². The number of hydrogen-bond acceptors (Lipinski definition) is 1. The molecular formula is C9H11ClF2O. The Kier molecular flexibility index (Phi) is 3.06. The summed E-state index contributed by atoms with van der Waals surface area (Å²) in [4.78, 5) is 10.7. The van der Waals surface area contributed by atoms with E-state index in [-0.39, 0.29) is 19.3 Å². The zero-order chi connectivity index (χ0) is 9.95. The first kappa shape index (κ1) is 10.6. The normalized spacial score (nSPS) is 32.5. The maximum atomic E-state index is 12.8. The molecule has 0 amide bonds. The summed E-state index contributed by atoms with van der Waals surface area (Å²) in [6.07, 6.45) is 2.23. The highest BCUT2D eigenvalue weighted by Crippen LogP contribution is 2.48. The summed E-state index contributed by atoms with van der Waals surface area (Å²) in [5.41, 5.74) is 0.386. The zero-order valence-electron chi connectivity index (χ0n) is 7.10. The molecule has 0 radical (unpaired) electrons. The lowest BCUT2D eigenvalue weighted by Gasteiger charge is -2.19. The molecule has 0 spiro atoms. The Labute approximate surface area is 80.8 Å². The molecule has 4 heteroatoms. The molecule has 74 valence electrons. The van der Waals surface area contributed by atoms with Crippen LogP contribution in [0, 0.1) is 5.41 Å². The van der Waals surface area contributed by atoms with Crippen molar-refractivity contribution in [2.75, 3.05) is 0 Å². The third-order valence-corrected chi connectivity index (χ3v) is 2.64. The van der Waals surface area contributed by atoms with Crippen LogP contribution in [0.4, 0.5) is 8.78 Å². The Hall–Kier alpha value is -0.440. The van der Waals surface area contributed by atoms with Crippen LogP contribution in [0.3, 0.4) is 0 Å². The molecule has 0 heterocycles. The number of halogens is 3. The lowest BCUT2D eigenvalue weighted by molar-refractivity contribution is -0.117. The van der Waals surface area contributed by atoms with Crippen molar-refractivity contribution in [2.45, 2.75) is 31.6 Å². The first-order valence-electron chi connectivity index (χ1n) is 4.13. The molecule has 1 unspecified atom stereocenters. The van der Waals surface area contributed by atoms with E-state index in [1.54, 1.807) is 6.08 Å². The van der Waals surface area contributed by atoms with Crippen LogP contribution in [0.15, 0.2) is 11.6 Å². The van der Waals surface area contributed by atoms with Crippen molar-refractivity contribution in [3.8, 4) is 0 Å². The van der Waals surface area contributed by atoms with Crippen LogP contribution in [0.2, 0.25) is 0 Å². The number of carbonyl (C=O) groups is 1. The molecule has 0 aromatic carbocycles. The highest BCUT2D eigenvalue weighted by atomic mass is 35.5. The van der Waals surface area contributed by atoms with E-state index in [1.807, 2.05) is 0 Å². The number of rotatable bonds is 3. The number of aldehydes is 1. The van der Waals surface area contributed by atoms with E-state index in [9.17, 15) is 13.6 Å². The van der Waals surface area contributed by atoms with Crippen LogP contribution in [-0.2, 0) is 4.79 Å². The summed E-state index contributed by atoms with van der Waals surface area (Å²) in [6.45, 7) is 0. The van der Waals surface area contributed by atoms with Gasteiger partial charge in [-0.2, -0.15) is 0 Å². The van der Waals surface area contributed by atoms with Gasteiger partial charge in [0.25, 0.3) is 0 Å². The predicted molar refractivity (Wildman–Crippen MR) is 46.9 cm³/mol. The first-order valence-corrected chi connectivity index (χ1v) is 4.57. The van der Waals surface area contributed by atoms with Crippen LogP contribution >= 0.6 is 11.6 Å². The summed E-state index contributed by atoms with van der Waals surface area (Å²) in [5.74, 6) is -2.68. The van der Waals surface area contributed by atoms with Gasteiger partial charge in [0, 0.05) is 23.8 Å². The predicted octanol–water partition coefficient (Wildman–Crippen LogP) is 3.13. The lowest BCUT2D eigenvalue weighted by atomic mass is 9.84. The second kappa shape index (κ2) is 3.74. The molecule has 1 rings (SSSR count). The van der Waals surface area contributed by atoms with E-state index in [0.29, 0.717) is 12.7 Å². The van der Waals surface area contributed by atoms with Crippen molar-refractivity contribution >= 4 is 17.9 Å². The van der Waals surface area contributed by atoms with Gasteiger partial charge in [-0.05, 0) is 12.8 Å². The Morgan fingerprint density at radius 2 is 2.08 bits per heavy atom. The lowest BCUT2D eigenvalue weighted by Crippen LogP contribution is -2.21. The average Bonchev–Trinajstić information content (AvgIpc) is 2.40. The van der Waals surface area contributed by atoms with Crippen molar-refractivity contribution in [1.82, 2.24) is 0 Å². The molecule has 1 fully saturated rings. The van der Waals surface area contributed by atoms with E-state index in [2.05, 4.69) is 0 Å². The van der Waals surface area contributed by atoms with Crippen LogP contribution < -0.4 is 0 Å². The average molecular weight is 209 g/mol. The first-order chi connectivity index (χ1) is 6.04. The van der Waals surface area contributed by atoms with Gasteiger partial charge in [0.1, 0.15) is 6.29 Å². The summed E-state index contributed by atoms with van der Waals surface area (Å²) >= 11 is 5.29. The second-order valence-corrected chi connectivity index (χ2v) is 3.83. The van der Waals surface area contributed by atoms with E-state index < -0.39 is 11.3 Å². The number of alkyl halides is 2. The van der Waals surface area contributed by atoms with Crippen molar-refractivity contribution < 1.29 is 13.6 Å². The van der Waals surface area contributed by atoms with E-state index in [4.69, 9.17) is 11.6 Å². The van der Waals surface area contributed by atoms with E-state index in [1.165, 1.54) is 5.54 Å². The van der Waals surface area contributed by atoms with Gasteiger partial charge in [0.2, 0.25) is 5.92 Å². The molecular weight excluding hydrogens is 198 g/mol. The minimum atomic E-state index is -2.68. The molecule has 0 saturated heterocycles. The standard InChI is InChI=1S/C9H11ClF2O/c10-5-1-2-8(7-13)3-4-9(11,12)6-8/h1,5,7H,2-4,6H2/b5-1+. The van der Waals surface area contributed by atoms with Crippen molar-refractivity contribution in [3.05, 3.63) is 11.6 Å². The third kappa shape index (κ3) is 2.50. The summed E-state index contributed by atoms with van der Waals surface area (Å²) in [5, 5.41) is 0. The fraction of sp³-hybridized carbons (Fsp3) is 0.667. The van der Waals surface area contributed by atoms with Crippen LogP contribution in [0.1, 0.15) is 25.7 Å². The topological polar surface area (TPSA) is 17.1 Å². The largest absolute Gasteiger partial charge is 0.303 e. The molecule has 1 aliphatic rings. The van der Waals surface area contributed by atoms with Crippen LogP contribution in [0.25, 0.3) is 0 Å². The zero-order valence-corrected chi connectivity index (χ0v) is 7.86. The molecule has 1 atom stereocenters. The summed E-state index contributed by atoms with van der Waals surface area (Å²) < 4.78 is 25.7. The molecule has 1 saturated carbocycles. The van der Waals surface area contributed by atoms with E-state index >= 15 is 0 Å². The SMILES string of the molecule is O=CC1(C/C=C/Cl)CCC(F)(F)C1. The Balaban J connectivity index is 2.68. The second-order valence-electron chi connectivity index (χ2n) is 3.58. The molecule has 1 aliphatic carbocycles. The Bertz CT molecular complexity index is 228. The van der Waals surface area contributed by atoms with Crippen LogP contribution in [0.5, 0.6) is 0 Å². The number of allylic oxidation sites excluding steroid dienone is 1. The van der Waals surface area contributed by atoms with Gasteiger partial charge in [0.05, 0.1) is 0 Å². The summed E-state index contributed by atoms with van der Waals surface area (Å²) in [6, 6.07) is 0. The van der Waals surface area contributed by atoms with Gasteiger partial charge in [-0.1, -0.05) is 17.7 Å². The van der Waals surface area contributed by atoms with Gasteiger partial charge in [-0.3, -0.25) is 0 Å². The quantitative estimate of drug-likeness (QED) is 0.652. The van der Waals surface area contributed by atoms with Gasteiger partial charge < -0.3 is 4.79 Å². The Morgan fingerprint density at radius 1 is 1.38 bits per heavy atom. The molecule has 13 heavy (non-hydrogen) atoms. The molecule has 1 nitrogen and oxygen atoms in total. The van der Waals surface area contributed by atoms with Crippen molar-refractivity contribution in [3.63, 3.8) is 0 Å². The highest BCUT2D eigenvalue weighted by Gasteiger charge is 2.48. The van der Waals surface area contributed by atoms with Gasteiger partial charge in [-0.15, -0.1) is 0 Å². The third-order valence-electron chi connectivity index (χ3n) is 2.46.